The molecule has 1 aliphatic rings. The number of aromatic nitrogens is 1. The first-order valence-corrected chi connectivity index (χ1v) is 10.3. The van der Waals surface area contributed by atoms with Crippen LogP contribution in [0.4, 0.5) is 14.5 Å². The van der Waals surface area contributed by atoms with E-state index < -0.39 is 17.0 Å². The third kappa shape index (κ3) is 4.27. The molecular formula is C24H23F2N3O2. The molecule has 0 saturated carbocycles. The molecule has 0 radical (unpaired) electrons. The largest absolute Gasteiger partial charge is 0.367 e. The topological polar surface area (TPSA) is 54.3 Å². The highest BCUT2D eigenvalue weighted by Gasteiger charge is 2.19. The molecular weight excluding hydrogens is 400 g/mol. The van der Waals surface area contributed by atoms with Gasteiger partial charge in [0.2, 0.25) is 5.43 Å². The number of halogens is 2. The predicted octanol–water partition coefficient (Wildman–Crippen LogP) is 3.61. The number of pyridine rings is 1. The van der Waals surface area contributed by atoms with Gasteiger partial charge in [-0.25, -0.2) is 8.78 Å². The average Bonchev–Trinajstić information content (AvgIpc) is 2.79. The molecule has 160 valence electrons. The highest BCUT2D eigenvalue weighted by Crippen LogP contribution is 2.26. The monoisotopic (exact) mass is 423 g/mol. The Morgan fingerprint density at radius 3 is 2.52 bits per heavy atom. The maximum Gasteiger partial charge on any atom is 0.200 e. The van der Waals surface area contributed by atoms with E-state index in [1.165, 1.54) is 48.7 Å². The minimum Gasteiger partial charge on any atom is -0.367 e. The second kappa shape index (κ2) is 8.81. The molecule has 2 aromatic carbocycles. The molecule has 0 unspecified atom stereocenters. The summed E-state index contributed by atoms with van der Waals surface area (Å²) in [5, 5.41) is 3.42. The fourth-order valence-electron chi connectivity index (χ4n) is 3.82. The molecule has 1 aromatic heterocycles. The lowest BCUT2D eigenvalue weighted by molar-refractivity contribution is 0.104. The van der Waals surface area contributed by atoms with Crippen LogP contribution in [0.2, 0.25) is 0 Å². The highest BCUT2D eigenvalue weighted by atomic mass is 19.1. The number of piperazine rings is 1. The van der Waals surface area contributed by atoms with Crippen molar-refractivity contribution in [1.82, 2.24) is 9.88 Å². The van der Waals surface area contributed by atoms with Gasteiger partial charge in [0, 0.05) is 44.3 Å². The van der Waals surface area contributed by atoms with Gasteiger partial charge in [-0.2, -0.15) is 0 Å². The Bertz CT molecular complexity index is 1210. The minimum absolute atomic E-state index is 0.0259. The van der Waals surface area contributed by atoms with E-state index in [0.717, 1.165) is 13.1 Å². The molecule has 1 aliphatic heterocycles. The number of carbonyl (C=O) groups is 1. The average molecular weight is 423 g/mol. The number of aryl methyl sites for hydroxylation is 1. The van der Waals surface area contributed by atoms with Crippen LogP contribution in [0.3, 0.4) is 0 Å². The molecule has 1 saturated heterocycles. The lowest BCUT2D eigenvalue weighted by Gasteiger charge is -2.30. The van der Waals surface area contributed by atoms with Crippen molar-refractivity contribution < 1.29 is 13.6 Å². The summed E-state index contributed by atoms with van der Waals surface area (Å²) in [6.45, 7) is 5.33. The van der Waals surface area contributed by atoms with Crippen LogP contribution >= 0.6 is 0 Å². The molecule has 0 spiro atoms. The number of ketones is 1. The van der Waals surface area contributed by atoms with Gasteiger partial charge in [0.1, 0.15) is 11.6 Å². The van der Waals surface area contributed by atoms with E-state index in [0.29, 0.717) is 36.4 Å². The Morgan fingerprint density at radius 2 is 1.84 bits per heavy atom. The normalized spacial score (nSPS) is 14.5. The third-order valence-corrected chi connectivity index (χ3v) is 5.51. The smallest absolute Gasteiger partial charge is 0.200 e. The number of hydrogen-bond donors (Lipinski definition) is 1. The summed E-state index contributed by atoms with van der Waals surface area (Å²) >= 11 is 0. The first-order valence-electron chi connectivity index (χ1n) is 10.3. The summed E-state index contributed by atoms with van der Waals surface area (Å²) in [6, 6.07) is 8.60. The molecule has 1 N–H and O–H groups in total. The fraction of sp³-hybridized carbons (Fsp3) is 0.250. The number of allylic oxidation sites excluding steroid dienone is 1. The Labute approximate surface area is 178 Å². The molecule has 5 nitrogen and oxygen atoms in total. The first-order chi connectivity index (χ1) is 15.0. The van der Waals surface area contributed by atoms with Crippen molar-refractivity contribution in [3.05, 3.63) is 81.7 Å². The Balaban J connectivity index is 1.75. The van der Waals surface area contributed by atoms with Gasteiger partial charge >= 0.3 is 0 Å². The lowest BCUT2D eigenvalue weighted by atomic mass is 10.1. The predicted molar refractivity (Wildman–Crippen MR) is 119 cm³/mol. The Morgan fingerprint density at radius 1 is 1.13 bits per heavy atom. The number of hydrogen-bond acceptors (Lipinski definition) is 4. The molecule has 4 rings (SSSR count). The van der Waals surface area contributed by atoms with E-state index in [2.05, 4.69) is 5.32 Å². The Hall–Kier alpha value is -3.32. The molecule has 0 amide bonds. The zero-order valence-corrected chi connectivity index (χ0v) is 17.2. The van der Waals surface area contributed by atoms with Crippen LogP contribution in [0.5, 0.6) is 0 Å². The van der Waals surface area contributed by atoms with E-state index >= 15 is 0 Å². The van der Waals surface area contributed by atoms with Gasteiger partial charge in [-0.05, 0) is 42.8 Å². The molecule has 31 heavy (non-hydrogen) atoms. The fourth-order valence-corrected chi connectivity index (χ4v) is 3.82. The van der Waals surface area contributed by atoms with E-state index in [-0.39, 0.29) is 16.8 Å². The van der Waals surface area contributed by atoms with Crippen molar-refractivity contribution in [2.24, 2.45) is 0 Å². The standard InChI is InChI=1S/C24H23F2N3O2/c1-2-28-15-19(23(30)8-5-16-3-6-17(25)7-4-16)24(31)18-13-20(26)22(14-21(18)28)29-11-9-27-10-12-29/h3-8,13-15,27H,2,9-12H2,1H3. The van der Waals surface area contributed by atoms with Crippen LogP contribution in [0.15, 0.2) is 53.5 Å². The van der Waals surface area contributed by atoms with Crippen molar-refractivity contribution in [3.8, 4) is 0 Å². The summed E-state index contributed by atoms with van der Waals surface area (Å²) in [6.07, 6.45) is 4.33. The second-order valence-corrected chi connectivity index (χ2v) is 7.46. The molecule has 1 fully saturated rings. The third-order valence-electron chi connectivity index (χ3n) is 5.51. The van der Waals surface area contributed by atoms with Crippen molar-refractivity contribution >= 4 is 28.4 Å². The van der Waals surface area contributed by atoms with Crippen molar-refractivity contribution in [2.75, 3.05) is 31.1 Å². The summed E-state index contributed by atoms with van der Waals surface area (Å²) in [4.78, 5) is 27.7. The number of fused-ring (bicyclic) bond motifs is 1. The van der Waals surface area contributed by atoms with Crippen molar-refractivity contribution in [2.45, 2.75) is 13.5 Å². The van der Waals surface area contributed by atoms with Crippen molar-refractivity contribution in [1.29, 1.82) is 0 Å². The second-order valence-electron chi connectivity index (χ2n) is 7.46. The lowest BCUT2D eigenvalue weighted by Crippen LogP contribution is -2.43. The van der Waals surface area contributed by atoms with Gasteiger partial charge in [-0.1, -0.05) is 18.2 Å². The number of benzene rings is 2. The highest BCUT2D eigenvalue weighted by molar-refractivity contribution is 6.08. The molecule has 2 heterocycles. The van der Waals surface area contributed by atoms with Gasteiger partial charge in [0.05, 0.1) is 16.8 Å². The van der Waals surface area contributed by atoms with Gasteiger partial charge < -0.3 is 14.8 Å². The quantitative estimate of drug-likeness (QED) is 0.503. The van der Waals surface area contributed by atoms with Gasteiger partial charge in [0.15, 0.2) is 5.78 Å². The number of nitrogens with one attached hydrogen (secondary N) is 1. The first kappa shape index (κ1) is 20.9. The SMILES string of the molecule is CCn1cc(C(=O)C=Cc2ccc(F)cc2)c(=O)c2cc(F)c(N3CCNCC3)cc21. The maximum absolute atomic E-state index is 14.9. The molecule has 0 atom stereocenters. The van der Waals surface area contributed by atoms with E-state index in [1.54, 1.807) is 10.6 Å². The number of anilines is 1. The summed E-state index contributed by atoms with van der Waals surface area (Å²) in [5.41, 5.74) is 1.17. The summed E-state index contributed by atoms with van der Waals surface area (Å²) in [7, 11) is 0. The number of nitrogens with zero attached hydrogens (tertiary/aromatic N) is 2. The zero-order valence-electron chi connectivity index (χ0n) is 17.2. The number of carbonyl (C=O) groups excluding carboxylic acids is 1. The Kier molecular flexibility index (Phi) is 5.95. The zero-order chi connectivity index (χ0) is 22.0. The van der Waals surface area contributed by atoms with E-state index in [1.807, 2.05) is 11.8 Å². The molecule has 0 bridgehead atoms. The van der Waals surface area contributed by atoms with E-state index in [9.17, 15) is 18.4 Å². The van der Waals surface area contributed by atoms with Crippen LogP contribution in [0.1, 0.15) is 22.8 Å². The molecule has 0 aliphatic carbocycles. The van der Waals surface area contributed by atoms with Gasteiger partial charge in [-0.3, -0.25) is 9.59 Å². The molecule has 3 aromatic rings. The molecule has 7 heteroatoms. The number of rotatable bonds is 5. The minimum atomic E-state index is -0.501. The maximum atomic E-state index is 14.9. The van der Waals surface area contributed by atoms with Gasteiger partial charge in [-0.15, -0.1) is 0 Å². The van der Waals surface area contributed by atoms with E-state index in [4.69, 9.17) is 0 Å². The van der Waals surface area contributed by atoms with Crippen LogP contribution in [0.25, 0.3) is 17.0 Å². The van der Waals surface area contributed by atoms with Crippen LogP contribution in [-0.2, 0) is 6.54 Å². The van der Waals surface area contributed by atoms with Crippen molar-refractivity contribution in [3.63, 3.8) is 0 Å². The van der Waals surface area contributed by atoms with Crippen LogP contribution in [-0.4, -0.2) is 36.5 Å². The van der Waals surface area contributed by atoms with Crippen LogP contribution in [0, 0.1) is 11.6 Å². The summed E-state index contributed by atoms with van der Waals surface area (Å²) in [5.74, 6) is -1.32. The van der Waals surface area contributed by atoms with Crippen LogP contribution < -0.4 is 15.6 Å². The summed E-state index contributed by atoms with van der Waals surface area (Å²) < 4.78 is 29.8. The van der Waals surface area contributed by atoms with Gasteiger partial charge in [0.25, 0.3) is 0 Å².